The van der Waals surface area contributed by atoms with E-state index >= 15 is 0 Å². The molecular weight excluding hydrogens is 239 g/mol. The van der Waals surface area contributed by atoms with Gasteiger partial charge in [-0.25, -0.2) is 0 Å². The van der Waals surface area contributed by atoms with Crippen molar-refractivity contribution < 1.29 is 28.2 Å². The molecule has 1 aliphatic rings. The van der Waals surface area contributed by atoms with Gasteiger partial charge in [0.05, 0.1) is 6.42 Å². The smallest absolute Gasteiger partial charge is 0.404 e. The summed E-state index contributed by atoms with van der Waals surface area (Å²) in [6.07, 6.45) is -4.25. The number of hydrogen-bond acceptors (Lipinski definition) is 3. The Bertz CT molecular complexity index is 270. The molecular formula is C10H16F3NO3. The van der Waals surface area contributed by atoms with E-state index in [1.54, 1.807) is 0 Å². The van der Waals surface area contributed by atoms with Crippen LogP contribution in [0.1, 0.15) is 19.3 Å². The molecule has 0 aromatic carbocycles. The summed E-state index contributed by atoms with van der Waals surface area (Å²) in [4.78, 5) is 11.6. The fourth-order valence-electron chi connectivity index (χ4n) is 2.15. The summed E-state index contributed by atoms with van der Waals surface area (Å²) < 4.78 is 38.2. The number of aliphatic carboxylic acids is 1. The lowest BCUT2D eigenvalue weighted by Crippen LogP contribution is -2.51. The Labute approximate surface area is 97.0 Å². The molecule has 2 atom stereocenters. The fourth-order valence-corrected chi connectivity index (χ4v) is 2.15. The van der Waals surface area contributed by atoms with Gasteiger partial charge in [0.2, 0.25) is 0 Å². The van der Waals surface area contributed by atoms with E-state index < -0.39 is 24.6 Å². The maximum atomic E-state index is 12.7. The zero-order valence-corrected chi connectivity index (χ0v) is 9.28. The molecule has 7 heteroatoms. The number of aliphatic hydroxyl groups is 1. The molecule has 0 aliphatic carbocycles. The van der Waals surface area contributed by atoms with Crippen LogP contribution < -0.4 is 0 Å². The summed E-state index contributed by atoms with van der Waals surface area (Å²) in [6, 6.07) is -1.95. The van der Waals surface area contributed by atoms with Crippen molar-refractivity contribution in [2.45, 2.75) is 31.5 Å². The van der Waals surface area contributed by atoms with Crippen LogP contribution in [0.2, 0.25) is 0 Å². The molecule has 0 aromatic rings. The molecule has 4 nitrogen and oxygen atoms in total. The first-order chi connectivity index (χ1) is 7.84. The molecule has 1 heterocycles. The molecule has 0 bridgehead atoms. The first-order valence-corrected chi connectivity index (χ1v) is 5.48. The van der Waals surface area contributed by atoms with Gasteiger partial charge >= 0.3 is 12.1 Å². The van der Waals surface area contributed by atoms with E-state index in [4.69, 9.17) is 10.2 Å². The van der Waals surface area contributed by atoms with Crippen molar-refractivity contribution in [1.82, 2.24) is 4.90 Å². The zero-order valence-electron chi connectivity index (χ0n) is 9.28. The zero-order chi connectivity index (χ0) is 13.1. The number of carboxylic acid groups (broad SMARTS) is 1. The molecule has 1 fully saturated rings. The van der Waals surface area contributed by atoms with Crippen molar-refractivity contribution in [3.63, 3.8) is 0 Å². The van der Waals surface area contributed by atoms with Gasteiger partial charge in [0, 0.05) is 13.2 Å². The van der Waals surface area contributed by atoms with E-state index in [1.807, 2.05) is 0 Å². The van der Waals surface area contributed by atoms with Crippen LogP contribution in [0.25, 0.3) is 0 Å². The number of rotatable bonds is 4. The Kier molecular flexibility index (Phi) is 4.76. The summed E-state index contributed by atoms with van der Waals surface area (Å²) in [5.74, 6) is -1.65. The van der Waals surface area contributed by atoms with Crippen LogP contribution in [0, 0.1) is 5.92 Å². The number of piperidine rings is 1. The van der Waals surface area contributed by atoms with Crippen molar-refractivity contribution in [3.8, 4) is 0 Å². The number of carbonyl (C=O) groups is 1. The minimum Gasteiger partial charge on any atom is -0.481 e. The summed E-state index contributed by atoms with van der Waals surface area (Å²) >= 11 is 0. The van der Waals surface area contributed by atoms with Crippen LogP contribution >= 0.6 is 0 Å². The largest absolute Gasteiger partial charge is 0.481 e. The van der Waals surface area contributed by atoms with Gasteiger partial charge in [0.25, 0.3) is 0 Å². The lowest BCUT2D eigenvalue weighted by atomic mass is 9.96. The van der Waals surface area contributed by atoms with Gasteiger partial charge in [0.1, 0.15) is 6.04 Å². The van der Waals surface area contributed by atoms with Crippen molar-refractivity contribution in [3.05, 3.63) is 0 Å². The fraction of sp³-hybridized carbons (Fsp3) is 0.900. The van der Waals surface area contributed by atoms with Gasteiger partial charge < -0.3 is 10.2 Å². The Hall–Kier alpha value is -0.820. The standard InChI is InChI=1S/C10H16F3NO3/c11-10(12,13)8(4-9(16)17)14-3-1-2-7(5-14)6-15/h7-8,15H,1-6H2,(H,16,17). The number of carboxylic acids is 1. The SMILES string of the molecule is O=C(O)CC(N1CCCC(CO)C1)C(F)(F)F. The normalized spacial score (nSPS) is 24.6. The number of likely N-dealkylation sites (tertiary alicyclic amines) is 1. The predicted octanol–water partition coefficient (Wildman–Crippen LogP) is 1.10. The van der Waals surface area contributed by atoms with Crippen LogP contribution in [0.3, 0.4) is 0 Å². The van der Waals surface area contributed by atoms with Gasteiger partial charge in [-0.15, -0.1) is 0 Å². The van der Waals surface area contributed by atoms with E-state index in [1.165, 1.54) is 0 Å². The molecule has 1 saturated heterocycles. The van der Waals surface area contributed by atoms with E-state index in [-0.39, 0.29) is 25.6 Å². The molecule has 1 aliphatic heterocycles. The molecule has 0 spiro atoms. The molecule has 0 saturated carbocycles. The molecule has 0 aromatic heterocycles. The quantitative estimate of drug-likeness (QED) is 0.789. The molecule has 100 valence electrons. The van der Waals surface area contributed by atoms with Crippen LogP contribution in [0.4, 0.5) is 13.2 Å². The number of alkyl halides is 3. The van der Waals surface area contributed by atoms with Crippen molar-refractivity contribution >= 4 is 5.97 Å². The highest BCUT2D eigenvalue weighted by Crippen LogP contribution is 2.30. The summed E-state index contributed by atoms with van der Waals surface area (Å²) in [6.45, 7) is 0.177. The van der Waals surface area contributed by atoms with Crippen molar-refractivity contribution in [2.75, 3.05) is 19.7 Å². The van der Waals surface area contributed by atoms with Gasteiger partial charge in [-0.1, -0.05) is 0 Å². The highest BCUT2D eigenvalue weighted by molar-refractivity contribution is 5.67. The molecule has 2 unspecified atom stereocenters. The lowest BCUT2D eigenvalue weighted by Gasteiger charge is -2.37. The highest BCUT2D eigenvalue weighted by atomic mass is 19.4. The number of halogens is 3. The van der Waals surface area contributed by atoms with Gasteiger partial charge in [-0.05, 0) is 25.3 Å². The van der Waals surface area contributed by atoms with E-state index in [0.717, 1.165) is 4.90 Å². The summed E-state index contributed by atoms with van der Waals surface area (Å²) in [5, 5.41) is 17.5. The molecule has 1 rings (SSSR count). The van der Waals surface area contributed by atoms with Gasteiger partial charge in [-0.2, -0.15) is 13.2 Å². The first-order valence-electron chi connectivity index (χ1n) is 5.48. The summed E-state index contributed by atoms with van der Waals surface area (Å²) in [7, 11) is 0. The lowest BCUT2D eigenvalue weighted by molar-refractivity contribution is -0.194. The molecule has 0 amide bonds. The maximum Gasteiger partial charge on any atom is 0.404 e. The van der Waals surface area contributed by atoms with Crippen LogP contribution in [-0.2, 0) is 4.79 Å². The third-order valence-corrected chi connectivity index (χ3v) is 3.00. The van der Waals surface area contributed by atoms with Crippen LogP contribution in [0.15, 0.2) is 0 Å². The van der Waals surface area contributed by atoms with E-state index in [0.29, 0.717) is 12.8 Å². The Morgan fingerprint density at radius 2 is 2.12 bits per heavy atom. The van der Waals surface area contributed by atoms with Gasteiger partial charge in [0.15, 0.2) is 0 Å². The second kappa shape index (κ2) is 5.68. The van der Waals surface area contributed by atoms with Crippen LogP contribution in [0.5, 0.6) is 0 Å². The average molecular weight is 255 g/mol. The second-order valence-electron chi connectivity index (χ2n) is 4.34. The Morgan fingerprint density at radius 1 is 1.47 bits per heavy atom. The number of aliphatic hydroxyl groups excluding tert-OH is 1. The summed E-state index contributed by atoms with van der Waals surface area (Å²) in [5.41, 5.74) is 0. The second-order valence-corrected chi connectivity index (χ2v) is 4.34. The number of hydrogen-bond donors (Lipinski definition) is 2. The number of nitrogens with zero attached hydrogens (tertiary/aromatic N) is 1. The minimum atomic E-state index is -4.55. The average Bonchev–Trinajstić information content (AvgIpc) is 2.24. The molecule has 17 heavy (non-hydrogen) atoms. The third-order valence-electron chi connectivity index (χ3n) is 3.00. The Morgan fingerprint density at radius 3 is 2.59 bits per heavy atom. The van der Waals surface area contributed by atoms with Crippen molar-refractivity contribution in [1.29, 1.82) is 0 Å². The maximum absolute atomic E-state index is 12.7. The highest BCUT2D eigenvalue weighted by Gasteiger charge is 2.45. The topological polar surface area (TPSA) is 60.8 Å². The predicted molar refractivity (Wildman–Crippen MR) is 53.5 cm³/mol. The molecule has 2 N–H and O–H groups in total. The van der Waals surface area contributed by atoms with E-state index in [2.05, 4.69) is 0 Å². The molecule has 0 radical (unpaired) electrons. The Balaban J connectivity index is 2.72. The van der Waals surface area contributed by atoms with Crippen molar-refractivity contribution in [2.24, 2.45) is 5.92 Å². The monoisotopic (exact) mass is 255 g/mol. The third kappa shape index (κ3) is 4.16. The first kappa shape index (κ1) is 14.2. The van der Waals surface area contributed by atoms with Crippen LogP contribution in [-0.4, -0.2) is 53.0 Å². The minimum absolute atomic E-state index is 0.105. The van der Waals surface area contributed by atoms with Gasteiger partial charge in [-0.3, -0.25) is 9.69 Å². The van der Waals surface area contributed by atoms with E-state index in [9.17, 15) is 18.0 Å².